The quantitative estimate of drug-likeness (QED) is 0.331. The van der Waals surface area contributed by atoms with Crippen molar-refractivity contribution >= 4 is 0 Å². The van der Waals surface area contributed by atoms with Gasteiger partial charge in [-0.25, -0.2) is 0 Å². The van der Waals surface area contributed by atoms with E-state index in [1.165, 1.54) is 60.8 Å². The lowest BCUT2D eigenvalue weighted by molar-refractivity contribution is 0.121. The molecule has 0 amide bonds. The first-order chi connectivity index (χ1) is 13.3. The zero-order valence-corrected chi connectivity index (χ0v) is 16.8. The molecule has 0 saturated heterocycles. The summed E-state index contributed by atoms with van der Waals surface area (Å²) in [5, 5.41) is 0. The molecule has 1 aliphatic rings. The van der Waals surface area contributed by atoms with Gasteiger partial charge in [0, 0.05) is 6.61 Å². The van der Waals surface area contributed by atoms with Crippen molar-refractivity contribution in [1.82, 2.24) is 0 Å². The number of allylic oxidation sites excluding steroid dienone is 1. The van der Waals surface area contributed by atoms with Crippen LogP contribution >= 0.6 is 0 Å². The number of benzene rings is 2. The Balaban J connectivity index is 1.55. The molecule has 0 spiro atoms. The number of rotatable bonds is 9. The van der Waals surface area contributed by atoms with Crippen molar-refractivity contribution < 1.29 is 4.74 Å². The van der Waals surface area contributed by atoms with Crippen LogP contribution in [0.4, 0.5) is 0 Å². The zero-order chi connectivity index (χ0) is 18.9. The summed E-state index contributed by atoms with van der Waals surface area (Å²) in [6, 6.07) is 18.1. The van der Waals surface area contributed by atoms with Crippen molar-refractivity contribution in [2.24, 2.45) is 5.92 Å². The van der Waals surface area contributed by atoms with E-state index in [0.29, 0.717) is 6.61 Å². The van der Waals surface area contributed by atoms with Crippen LogP contribution in [-0.4, -0.2) is 6.61 Å². The molecule has 0 radical (unpaired) electrons. The van der Waals surface area contributed by atoms with Crippen LogP contribution in [0.15, 0.2) is 61.2 Å². The van der Waals surface area contributed by atoms with Gasteiger partial charge in [0.2, 0.25) is 0 Å². The van der Waals surface area contributed by atoms with Crippen molar-refractivity contribution in [2.75, 3.05) is 6.61 Å². The Morgan fingerprint density at radius 1 is 0.926 bits per heavy atom. The number of ether oxygens (including phenoxy) is 1. The minimum Gasteiger partial charge on any atom is -0.377 e. The summed E-state index contributed by atoms with van der Waals surface area (Å²) in [5.74, 6) is 1.66. The first-order valence-electron chi connectivity index (χ1n) is 10.7. The molecule has 1 saturated carbocycles. The Morgan fingerprint density at radius 3 is 2.15 bits per heavy atom. The highest BCUT2D eigenvalue weighted by atomic mass is 16.5. The fraction of sp³-hybridized carbons (Fsp3) is 0.462. The van der Waals surface area contributed by atoms with Gasteiger partial charge in [0.1, 0.15) is 0 Å². The molecule has 1 heteroatoms. The zero-order valence-electron chi connectivity index (χ0n) is 16.8. The fourth-order valence-corrected chi connectivity index (χ4v) is 4.21. The molecule has 1 nitrogen and oxygen atoms in total. The lowest BCUT2D eigenvalue weighted by Crippen LogP contribution is -2.13. The highest BCUT2D eigenvalue weighted by Gasteiger charge is 2.21. The van der Waals surface area contributed by atoms with Gasteiger partial charge in [0.15, 0.2) is 0 Å². The third-order valence-electron chi connectivity index (χ3n) is 5.91. The molecule has 1 fully saturated rings. The van der Waals surface area contributed by atoms with E-state index in [-0.39, 0.29) is 0 Å². The van der Waals surface area contributed by atoms with E-state index < -0.39 is 0 Å². The molecule has 0 unspecified atom stereocenters. The van der Waals surface area contributed by atoms with E-state index >= 15 is 0 Å². The maximum Gasteiger partial charge on any atom is 0.0716 e. The molecule has 2 aromatic carbocycles. The van der Waals surface area contributed by atoms with E-state index in [9.17, 15) is 0 Å². The second-order valence-electron chi connectivity index (χ2n) is 7.96. The van der Waals surface area contributed by atoms with Crippen LogP contribution in [0.3, 0.4) is 0 Å². The van der Waals surface area contributed by atoms with Crippen LogP contribution in [0, 0.1) is 5.92 Å². The predicted octanol–water partition coefficient (Wildman–Crippen LogP) is 7.52. The first-order valence-corrected chi connectivity index (χ1v) is 10.7. The average molecular weight is 363 g/mol. The summed E-state index contributed by atoms with van der Waals surface area (Å²) in [7, 11) is 0. The number of hydrogen-bond donors (Lipinski definition) is 0. The van der Waals surface area contributed by atoms with Gasteiger partial charge in [-0.15, -0.1) is 6.58 Å². The fourth-order valence-electron chi connectivity index (χ4n) is 4.21. The SMILES string of the molecule is C=CCCC1CCC(c2ccc(-c3ccc(COCCC)cc3)cc2)CC1. The van der Waals surface area contributed by atoms with Crippen LogP contribution in [0.5, 0.6) is 0 Å². The van der Waals surface area contributed by atoms with Gasteiger partial charge in [-0.1, -0.05) is 61.5 Å². The second kappa shape index (κ2) is 10.5. The summed E-state index contributed by atoms with van der Waals surface area (Å²) in [6.07, 6.45) is 11.1. The van der Waals surface area contributed by atoms with E-state index in [0.717, 1.165) is 24.9 Å². The molecular weight excluding hydrogens is 328 g/mol. The third-order valence-corrected chi connectivity index (χ3v) is 5.91. The largest absolute Gasteiger partial charge is 0.377 e. The third kappa shape index (κ3) is 5.81. The maximum atomic E-state index is 5.62. The highest BCUT2D eigenvalue weighted by molar-refractivity contribution is 5.64. The van der Waals surface area contributed by atoms with Gasteiger partial charge in [0.05, 0.1) is 6.61 Å². The second-order valence-corrected chi connectivity index (χ2v) is 7.96. The Bertz CT molecular complexity index is 675. The van der Waals surface area contributed by atoms with Crippen molar-refractivity contribution in [3.05, 3.63) is 72.3 Å². The highest BCUT2D eigenvalue weighted by Crippen LogP contribution is 2.38. The topological polar surface area (TPSA) is 9.23 Å². The van der Waals surface area contributed by atoms with Gasteiger partial charge in [-0.05, 0) is 79.0 Å². The lowest BCUT2D eigenvalue weighted by atomic mass is 9.77. The molecule has 0 atom stereocenters. The Kier molecular flexibility index (Phi) is 7.71. The van der Waals surface area contributed by atoms with E-state index in [4.69, 9.17) is 4.74 Å². The molecule has 2 aromatic rings. The van der Waals surface area contributed by atoms with Gasteiger partial charge >= 0.3 is 0 Å². The van der Waals surface area contributed by atoms with Crippen LogP contribution < -0.4 is 0 Å². The number of hydrogen-bond acceptors (Lipinski definition) is 1. The van der Waals surface area contributed by atoms with E-state index in [2.05, 4.69) is 68.1 Å². The van der Waals surface area contributed by atoms with Crippen molar-refractivity contribution in [3.63, 3.8) is 0 Å². The monoisotopic (exact) mass is 362 g/mol. The summed E-state index contributed by atoms with van der Waals surface area (Å²) >= 11 is 0. The molecule has 0 aromatic heterocycles. The molecular formula is C26H34O. The van der Waals surface area contributed by atoms with Crippen LogP contribution in [0.2, 0.25) is 0 Å². The van der Waals surface area contributed by atoms with Gasteiger partial charge < -0.3 is 4.74 Å². The minimum absolute atomic E-state index is 0.711. The van der Waals surface area contributed by atoms with Crippen LogP contribution in [0.25, 0.3) is 11.1 Å². The van der Waals surface area contributed by atoms with E-state index in [1.807, 2.05) is 0 Å². The molecule has 27 heavy (non-hydrogen) atoms. The smallest absolute Gasteiger partial charge is 0.0716 e. The van der Waals surface area contributed by atoms with Crippen molar-refractivity contribution in [2.45, 2.75) is 64.4 Å². The predicted molar refractivity (Wildman–Crippen MR) is 116 cm³/mol. The van der Waals surface area contributed by atoms with Gasteiger partial charge in [0.25, 0.3) is 0 Å². The Morgan fingerprint density at radius 2 is 1.56 bits per heavy atom. The molecule has 0 aliphatic heterocycles. The molecule has 1 aliphatic carbocycles. The van der Waals surface area contributed by atoms with Crippen LogP contribution in [-0.2, 0) is 11.3 Å². The normalized spacial score (nSPS) is 19.7. The molecule has 0 N–H and O–H groups in total. The first kappa shape index (κ1) is 19.9. The van der Waals surface area contributed by atoms with E-state index in [1.54, 1.807) is 0 Å². The average Bonchev–Trinajstić information content (AvgIpc) is 2.73. The molecule has 0 heterocycles. The Labute approximate surface area is 165 Å². The van der Waals surface area contributed by atoms with Crippen molar-refractivity contribution in [1.29, 1.82) is 0 Å². The van der Waals surface area contributed by atoms with Crippen LogP contribution in [0.1, 0.15) is 68.9 Å². The summed E-state index contributed by atoms with van der Waals surface area (Å²) in [6.45, 7) is 7.54. The molecule has 3 rings (SSSR count). The molecule has 0 bridgehead atoms. The summed E-state index contributed by atoms with van der Waals surface area (Å²) in [5.41, 5.74) is 5.36. The minimum atomic E-state index is 0.711. The van der Waals surface area contributed by atoms with Gasteiger partial charge in [-0.3, -0.25) is 0 Å². The molecule has 144 valence electrons. The maximum absolute atomic E-state index is 5.62. The standard InChI is InChI=1S/C26H34O/c1-3-5-6-21-7-11-23(12-8-21)25-15-17-26(18-16-25)24-13-9-22(10-14-24)20-27-19-4-2/h3,9-10,13-18,21,23H,1,4-8,11-12,19-20H2,2H3. The van der Waals surface area contributed by atoms with Crippen molar-refractivity contribution in [3.8, 4) is 11.1 Å². The summed E-state index contributed by atoms with van der Waals surface area (Å²) < 4.78 is 5.62. The van der Waals surface area contributed by atoms with Gasteiger partial charge in [-0.2, -0.15) is 0 Å². The summed E-state index contributed by atoms with van der Waals surface area (Å²) in [4.78, 5) is 0. The lowest BCUT2D eigenvalue weighted by Gasteiger charge is -2.28. The Hall–Kier alpha value is -1.86.